The SMILES string of the molecule is CC(=O)OC[C@@H](C[C@@H](OC(C)=O)[C@@H](C)[C@H]1CC[C@H]2[C@@H]3CC=C4C[C@@H](OC(C)=O)CC[C@]4(C)[C@H]3CC[C@]12C)C(C)(C)O. The van der Waals surface area contributed by atoms with E-state index in [2.05, 4.69) is 26.8 Å². The van der Waals surface area contributed by atoms with Crippen molar-refractivity contribution >= 4 is 17.9 Å². The first-order chi connectivity index (χ1) is 19.1. The molecular formula is C34H54O7. The number of carbonyl (C=O) groups excluding carboxylic acids is 3. The molecular weight excluding hydrogens is 520 g/mol. The molecule has 0 heterocycles. The van der Waals surface area contributed by atoms with E-state index in [1.165, 1.54) is 45.6 Å². The first-order valence-corrected chi connectivity index (χ1v) is 16.0. The second kappa shape index (κ2) is 12.0. The van der Waals surface area contributed by atoms with E-state index < -0.39 is 5.60 Å². The molecule has 7 nitrogen and oxygen atoms in total. The van der Waals surface area contributed by atoms with Gasteiger partial charge in [-0.05, 0) is 106 Å². The highest BCUT2D eigenvalue weighted by atomic mass is 16.5. The molecule has 7 heteroatoms. The summed E-state index contributed by atoms with van der Waals surface area (Å²) in [6, 6.07) is 0. The highest BCUT2D eigenvalue weighted by Crippen LogP contribution is 2.67. The lowest BCUT2D eigenvalue weighted by Gasteiger charge is -2.58. The van der Waals surface area contributed by atoms with Gasteiger partial charge in [-0.3, -0.25) is 14.4 Å². The lowest BCUT2D eigenvalue weighted by molar-refractivity contribution is -0.159. The van der Waals surface area contributed by atoms with Gasteiger partial charge in [0, 0.05) is 33.1 Å². The number of esters is 3. The number of rotatable bonds is 9. The molecule has 4 rings (SSSR count). The Hall–Kier alpha value is -1.89. The fourth-order valence-corrected chi connectivity index (χ4v) is 9.77. The minimum absolute atomic E-state index is 0.0146. The van der Waals surface area contributed by atoms with E-state index in [1.54, 1.807) is 13.8 Å². The van der Waals surface area contributed by atoms with Gasteiger partial charge in [0.1, 0.15) is 12.2 Å². The van der Waals surface area contributed by atoms with Crippen LogP contribution in [-0.2, 0) is 28.6 Å². The van der Waals surface area contributed by atoms with Crippen molar-refractivity contribution < 1.29 is 33.7 Å². The van der Waals surface area contributed by atoms with E-state index in [1.807, 2.05) is 0 Å². The normalized spacial score (nSPS) is 36.9. The van der Waals surface area contributed by atoms with Gasteiger partial charge in [0.15, 0.2) is 0 Å². The Kier molecular flexibility index (Phi) is 9.38. The zero-order chi connectivity index (χ0) is 30.3. The highest BCUT2D eigenvalue weighted by Gasteiger charge is 2.60. The lowest BCUT2D eigenvalue weighted by Crippen LogP contribution is -2.51. The largest absolute Gasteiger partial charge is 0.465 e. The van der Waals surface area contributed by atoms with Gasteiger partial charge in [0.25, 0.3) is 0 Å². The summed E-state index contributed by atoms with van der Waals surface area (Å²) in [4.78, 5) is 35.4. The van der Waals surface area contributed by atoms with Gasteiger partial charge in [-0.1, -0.05) is 32.4 Å². The van der Waals surface area contributed by atoms with Crippen LogP contribution in [0.25, 0.3) is 0 Å². The first-order valence-electron chi connectivity index (χ1n) is 16.0. The smallest absolute Gasteiger partial charge is 0.302 e. The summed E-state index contributed by atoms with van der Waals surface area (Å²) < 4.78 is 16.9. The maximum Gasteiger partial charge on any atom is 0.302 e. The van der Waals surface area contributed by atoms with Crippen molar-refractivity contribution in [1.29, 1.82) is 0 Å². The average molecular weight is 575 g/mol. The molecule has 0 bridgehead atoms. The van der Waals surface area contributed by atoms with Gasteiger partial charge >= 0.3 is 17.9 Å². The van der Waals surface area contributed by atoms with Gasteiger partial charge in [-0.15, -0.1) is 0 Å². The Balaban J connectivity index is 1.53. The molecule has 0 unspecified atom stereocenters. The van der Waals surface area contributed by atoms with E-state index in [0.717, 1.165) is 32.1 Å². The number of aliphatic hydroxyl groups is 1. The van der Waals surface area contributed by atoms with Crippen molar-refractivity contribution in [3.63, 3.8) is 0 Å². The zero-order valence-electron chi connectivity index (χ0n) is 26.7. The second-order valence-corrected chi connectivity index (χ2v) is 14.9. The molecule has 0 saturated heterocycles. The van der Waals surface area contributed by atoms with Gasteiger partial charge in [0.2, 0.25) is 0 Å². The molecule has 0 aromatic heterocycles. The van der Waals surface area contributed by atoms with E-state index in [4.69, 9.17) is 14.2 Å². The van der Waals surface area contributed by atoms with Crippen molar-refractivity contribution in [2.24, 2.45) is 46.3 Å². The van der Waals surface area contributed by atoms with Crippen LogP contribution in [0.3, 0.4) is 0 Å². The molecule has 0 spiro atoms. The number of allylic oxidation sites excluding steroid dienone is 1. The van der Waals surface area contributed by atoms with E-state index in [0.29, 0.717) is 30.1 Å². The van der Waals surface area contributed by atoms with Gasteiger partial charge < -0.3 is 19.3 Å². The fourth-order valence-electron chi connectivity index (χ4n) is 9.77. The van der Waals surface area contributed by atoms with E-state index in [9.17, 15) is 19.5 Å². The van der Waals surface area contributed by atoms with Crippen LogP contribution in [0.5, 0.6) is 0 Å². The molecule has 0 amide bonds. The average Bonchev–Trinajstić information content (AvgIpc) is 3.21. The van der Waals surface area contributed by atoms with Crippen LogP contribution in [0.15, 0.2) is 11.6 Å². The molecule has 232 valence electrons. The van der Waals surface area contributed by atoms with Gasteiger partial charge in [0.05, 0.1) is 12.2 Å². The predicted molar refractivity (Wildman–Crippen MR) is 157 cm³/mol. The third-order valence-corrected chi connectivity index (χ3v) is 12.0. The maximum absolute atomic E-state index is 12.3. The number of ether oxygens (including phenoxy) is 3. The Morgan fingerprint density at radius 3 is 2.32 bits per heavy atom. The predicted octanol–water partition coefficient (Wildman–Crippen LogP) is 6.41. The number of fused-ring (bicyclic) bond motifs is 5. The second-order valence-electron chi connectivity index (χ2n) is 14.9. The monoisotopic (exact) mass is 574 g/mol. The van der Waals surface area contributed by atoms with Crippen molar-refractivity contribution in [2.75, 3.05) is 6.61 Å². The molecule has 4 aliphatic rings. The van der Waals surface area contributed by atoms with Crippen LogP contribution < -0.4 is 0 Å². The van der Waals surface area contributed by atoms with Crippen molar-refractivity contribution in [3.8, 4) is 0 Å². The minimum atomic E-state index is -1.08. The number of hydrogen-bond donors (Lipinski definition) is 1. The Morgan fingerprint density at radius 1 is 1.00 bits per heavy atom. The molecule has 1 N–H and O–H groups in total. The summed E-state index contributed by atoms with van der Waals surface area (Å²) in [6.07, 6.45) is 11.3. The molecule has 3 fully saturated rings. The maximum atomic E-state index is 12.3. The first kappa shape index (κ1) is 32.0. The van der Waals surface area contributed by atoms with Gasteiger partial charge in [-0.2, -0.15) is 0 Å². The van der Waals surface area contributed by atoms with Crippen LogP contribution >= 0.6 is 0 Å². The summed E-state index contributed by atoms with van der Waals surface area (Å²) in [5.74, 6) is 1.24. The molecule has 3 saturated carbocycles. The third kappa shape index (κ3) is 6.55. The standard InChI is InChI=1S/C34H54O7/c1-20(31(41-23(4)37)18-25(32(5,6)38)19-39-21(2)35)28-11-12-29-27-10-9-24-17-26(40-22(3)36)13-15-33(24,7)30(27)14-16-34(28,29)8/h9,20,25-31,38H,10-19H2,1-8H3/t20-,25+,26-,27-,28+,29-,30-,31+,33-,34+/m0/s1. The van der Waals surface area contributed by atoms with Crippen molar-refractivity contribution in [1.82, 2.24) is 0 Å². The summed E-state index contributed by atoms with van der Waals surface area (Å²) in [5, 5.41) is 10.9. The van der Waals surface area contributed by atoms with Crippen LogP contribution in [0.4, 0.5) is 0 Å². The highest BCUT2D eigenvalue weighted by molar-refractivity contribution is 5.66. The number of carbonyl (C=O) groups is 3. The molecule has 10 atom stereocenters. The molecule has 0 aromatic rings. The summed E-state index contributed by atoms with van der Waals surface area (Å²) in [7, 11) is 0. The van der Waals surface area contributed by atoms with Crippen molar-refractivity contribution in [2.45, 2.75) is 131 Å². The zero-order valence-corrected chi connectivity index (χ0v) is 26.7. The van der Waals surface area contributed by atoms with Crippen LogP contribution in [0, 0.1) is 46.3 Å². The van der Waals surface area contributed by atoms with Crippen molar-refractivity contribution in [3.05, 3.63) is 11.6 Å². The minimum Gasteiger partial charge on any atom is -0.465 e. The Bertz CT molecular complexity index is 1030. The van der Waals surface area contributed by atoms with Crippen LogP contribution in [0.1, 0.15) is 113 Å². The Morgan fingerprint density at radius 2 is 1.71 bits per heavy atom. The topological polar surface area (TPSA) is 99.1 Å². The molecule has 0 aliphatic heterocycles. The summed E-state index contributed by atoms with van der Waals surface area (Å²) >= 11 is 0. The Labute approximate surface area is 247 Å². The summed E-state index contributed by atoms with van der Waals surface area (Å²) in [5.41, 5.74) is 0.768. The third-order valence-electron chi connectivity index (χ3n) is 12.0. The van der Waals surface area contributed by atoms with E-state index in [-0.39, 0.29) is 59.4 Å². The summed E-state index contributed by atoms with van der Waals surface area (Å²) in [6.45, 7) is 15.1. The molecule has 4 aliphatic carbocycles. The fraction of sp³-hybridized carbons (Fsp3) is 0.853. The molecule has 41 heavy (non-hydrogen) atoms. The van der Waals surface area contributed by atoms with Gasteiger partial charge in [-0.25, -0.2) is 0 Å². The molecule has 0 aromatic carbocycles. The number of hydrogen-bond acceptors (Lipinski definition) is 7. The molecule has 0 radical (unpaired) electrons. The van der Waals surface area contributed by atoms with Crippen LogP contribution in [-0.4, -0.2) is 47.4 Å². The quantitative estimate of drug-likeness (QED) is 0.193. The van der Waals surface area contributed by atoms with Crippen LogP contribution in [0.2, 0.25) is 0 Å². The van der Waals surface area contributed by atoms with E-state index >= 15 is 0 Å². The lowest BCUT2D eigenvalue weighted by atomic mass is 9.47.